The van der Waals surface area contributed by atoms with Crippen LogP contribution in [0.2, 0.25) is 0 Å². The van der Waals surface area contributed by atoms with Gasteiger partial charge in [0.15, 0.2) is 0 Å². The number of hydrogen-bond acceptors (Lipinski definition) is 3. The maximum absolute atomic E-state index is 12.2. The third-order valence-corrected chi connectivity index (χ3v) is 4.38. The number of ether oxygens (including phenoxy) is 1. The van der Waals surface area contributed by atoms with Crippen molar-refractivity contribution < 1.29 is 9.53 Å². The van der Waals surface area contributed by atoms with Crippen molar-refractivity contribution in [3.63, 3.8) is 0 Å². The van der Waals surface area contributed by atoms with Crippen LogP contribution < -0.4 is 10.6 Å². The van der Waals surface area contributed by atoms with E-state index in [4.69, 9.17) is 4.74 Å². The van der Waals surface area contributed by atoms with Crippen LogP contribution in [0.15, 0.2) is 0 Å². The Balaban J connectivity index is 1.80. The summed E-state index contributed by atoms with van der Waals surface area (Å²) in [4.78, 5) is 12.2. The first-order valence-corrected chi connectivity index (χ1v) is 7.23. The van der Waals surface area contributed by atoms with Crippen molar-refractivity contribution in [1.29, 1.82) is 0 Å². The number of carbonyl (C=O) groups excluding carboxylic acids is 1. The van der Waals surface area contributed by atoms with Crippen LogP contribution in [0, 0.1) is 11.3 Å². The summed E-state index contributed by atoms with van der Waals surface area (Å²) in [5.74, 6) is 0.140. The fourth-order valence-corrected chi connectivity index (χ4v) is 3.11. The monoisotopic (exact) mass is 254 g/mol. The Hall–Kier alpha value is -0.610. The van der Waals surface area contributed by atoms with Gasteiger partial charge in [-0.2, -0.15) is 0 Å². The molecule has 2 rings (SSSR count). The van der Waals surface area contributed by atoms with E-state index in [9.17, 15) is 4.79 Å². The molecule has 2 unspecified atom stereocenters. The number of likely N-dealkylation sites (N-methyl/N-ethyl adjacent to an activating group) is 1. The fourth-order valence-electron chi connectivity index (χ4n) is 3.11. The molecule has 18 heavy (non-hydrogen) atoms. The highest BCUT2D eigenvalue weighted by Gasteiger charge is 2.35. The van der Waals surface area contributed by atoms with E-state index in [2.05, 4.69) is 24.5 Å². The summed E-state index contributed by atoms with van der Waals surface area (Å²) in [6, 6.07) is 0.186. The summed E-state index contributed by atoms with van der Waals surface area (Å²) in [5, 5.41) is 6.46. The SMILES string of the molecule is CCNC1COCC1C(=O)NCC1(C)CCCC1. The summed E-state index contributed by atoms with van der Waals surface area (Å²) in [5.41, 5.74) is 0.322. The van der Waals surface area contributed by atoms with Gasteiger partial charge >= 0.3 is 0 Å². The van der Waals surface area contributed by atoms with E-state index in [-0.39, 0.29) is 17.9 Å². The quantitative estimate of drug-likeness (QED) is 0.777. The van der Waals surface area contributed by atoms with Crippen molar-refractivity contribution in [2.75, 3.05) is 26.3 Å². The Morgan fingerprint density at radius 2 is 2.06 bits per heavy atom. The highest BCUT2D eigenvalue weighted by molar-refractivity contribution is 5.79. The average Bonchev–Trinajstić information content (AvgIpc) is 2.97. The van der Waals surface area contributed by atoms with Gasteiger partial charge < -0.3 is 15.4 Å². The molecule has 0 aromatic carbocycles. The lowest BCUT2D eigenvalue weighted by Crippen LogP contribution is -2.46. The smallest absolute Gasteiger partial charge is 0.227 e. The Labute approximate surface area is 110 Å². The standard InChI is InChI=1S/C14H26N2O2/c1-3-15-12-9-18-8-11(12)13(17)16-10-14(2)6-4-5-7-14/h11-12,15H,3-10H2,1-2H3,(H,16,17). The molecule has 4 nitrogen and oxygen atoms in total. The molecule has 1 heterocycles. The first kappa shape index (κ1) is 13.8. The Morgan fingerprint density at radius 3 is 2.72 bits per heavy atom. The summed E-state index contributed by atoms with van der Waals surface area (Å²) in [6.07, 6.45) is 5.09. The van der Waals surface area contributed by atoms with Crippen molar-refractivity contribution in [1.82, 2.24) is 10.6 Å². The topological polar surface area (TPSA) is 50.4 Å². The van der Waals surface area contributed by atoms with Gasteiger partial charge in [0, 0.05) is 12.6 Å². The molecule has 0 bridgehead atoms. The van der Waals surface area contributed by atoms with E-state index in [1.807, 2.05) is 0 Å². The summed E-state index contributed by atoms with van der Waals surface area (Å²) < 4.78 is 5.42. The number of rotatable bonds is 5. The van der Waals surface area contributed by atoms with Crippen LogP contribution in [0.3, 0.4) is 0 Å². The molecular formula is C14H26N2O2. The summed E-state index contributed by atoms with van der Waals surface area (Å²) in [7, 11) is 0. The lowest BCUT2D eigenvalue weighted by atomic mass is 9.88. The van der Waals surface area contributed by atoms with Gasteiger partial charge in [-0.3, -0.25) is 4.79 Å². The van der Waals surface area contributed by atoms with Gasteiger partial charge in [0.2, 0.25) is 5.91 Å². The van der Waals surface area contributed by atoms with Gasteiger partial charge in [-0.1, -0.05) is 26.7 Å². The van der Waals surface area contributed by atoms with Crippen molar-refractivity contribution in [3.05, 3.63) is 0 Å². The molecule has 104 valence electrons. The molecule has 1 aliphatic carbocycles. The highest BCUT2D eigenvalue weighted by atomic mass is 16.5. The molecule has 0 radical (unpaired) electrons. The summed E-state index contributed by atoms with van der Waals surface area (Å²) >= 11 is 0. The second kappa shape index (κ2) is 6.02. The average molecular weight is 254 g/mol. The first-order valence-electron chi connectivity index (χ1n) is 7.23. The highest BCUT2D eigenvalue weighted by Crippen LogP contribution is 2.36. The van der Waals surface area contributed by atoms with Gasteiger partial charge in [-0.25, -0.2) is 0 Å². The molecule has 1 saturated carbocycles. The molecule has 1 aliphatic heterocycles. The van der Waals surface area contributed by atoms with E-state index < -0.39 is 0 Å². The Kier molecular flexibility index (Phi) is 4.62. The molecule has 0 aromatic rings. The maximum Gasteiger partial charge on any atom is 0.227 e. The van der Waals surface area contributed by atoms with Gasteiger partial charge in [-0.15, -0.1) is 0 Å². The second-order valence-corrected chi connectivity index (χ2v) is 6.04. The first-order chi connectivity index (χ1) is 8.64. The zero-order valence-corrected chi connectivity index (χ0v) is 11.6. The molecule has 0 spiro atoms. The van der Waals surface area contributed by atoms with Crippen LogP contribution in [-0.4, -0.2) is 38.3 Å². The minimum atomic E-state index is -0.0186. The third kappa shape index (κ3) is 3.23. The predicted octanol–water partition coefficient (Wildman–Crippen LogP) is 1.31. The molecule has 1 amide bonds. The van der Waals surface area contributed by atoms with Crippen LogP contribution in [0.25, 0.3) is 0 Å². The van der Waals surface area contributed by atoms with Gasteiger partial charge in [0.05, 0.1) is 19.1 Å². The molecule has 2 atom stereocenters. The number of amides is 1. The molecule has 0 aromatic heterocycles. The second-order valence-electron chi connectivity index (χ2n) is 6.04. The number of hydrogen-bond donors (Lipinski definition) is 2. The van der Waals surface area contributed by atoms with Crippen LogP contribution in [0.4, 0.5) is 0 Å². The molecule has 1 saturated heterocycles. The van der Waals surface area contributed by atoms with E-state index in [1.54, 1.807) is 0 Å². The maximum atomic E-state index is 12.2. The largest absolute Gasteiger partial charge is 0.379 e. The minimum Gasteiger partial charge on any atom is -0.379 e. The van der Waals surface area contributed by atoms with Crippen molar-refractivity contribution >= 4 is 5.91 Å². The fraction of sp³-hybridized carbons (Fsp3) is 0.929. The number of nitrogens with one attached hydrogen (secondary N) is 2. The molecule has 2 aliphatic rings. The van der Waals surface area contributed by atoms with Gasteiger partial charge in [-0.05, 0) is 24.8 Å². The lowest BCUT2D eigenvalue weighted by Gasteiger charge is -2.25. The zero-order valence-electron chi connectivity index (χ0n) is 11.6. The molecule has 2 N–H and O–H groups in total. The van der Waals surface area contributed by atoms with E-state index in [1.165, 1.54) is 25.7 Å². The number of carbonyl (C=O) groups is 1. The molecule has 2 fully saturated rings. The predicted molar refractivity (Wildman–Crippen MR) is 71.4 cm³/mol. The van der Waals surface area contributed by atoms with Gasteiger partial charge in [0.25, 0.3) is 0 Å². The molecular weight excluding hydrogens is 228 g/mol. The summed E-state index contributed by atoms with van der Waals surface area (Å²) in [6.45, 7) is 7.26. The van der Waals surface area contributed by atoms with E-state index >= 15 is 0 Å². The van der Waals surface area contributed by atoms with E-state index in [0.717, 1.165) is 13.1 Å². The zero-order chi connectivity index (χ0) is 13.0. The Bertz CT molecular complexity index is 288. The van der Waals surface area contributed by atoms with Crippen LogP contribution in [0.1, 0.15) is 39.5 Å². The van der Waals surface area contributed by atoms with Crippen LogP contribution in [0.5, 0.6) is 0 Å². The van der Waals surface area contributed by atoms with Crippen LogP contribution >= 0.6 is 0 Å². The lowest BCUT2D eigenvalue weighted by molar-refractivity contribution is -0.125. The third-order valence-electron chi connectivity index (χ3n) is 4.38. The molecule has 4 heteroatoms. The van der Waals surface area contributed by atoms with E-state index in [0.29, 0.717) is 18.6 Å². The Morgan fingerprint density at radius 1 is 1.33 bits per heavy atom. The van der Waals surface area contributed by atoms with Crippen molar-refractivity contribution in [3.8, 4) is 0 Å². The van der Waals surface area contributed by atoms with Crippen molar-refractivity contribution in [2.24, 2.45) is 11.3 Å². The minimum absolute atomic E-state index is 0.0186. The van der Waals surface area contributed by atoms with Crippen LogP contribution in [-0.2, 0) is 9.53 Å². The normalized spacial score (nSPS) is 30.6. The van der Waals surface area contributed by atoms with Crippen molar-refractivity contribution in [2.45, 2.75) is 45.6 Å². The van der Waals surface area contributed by atoms with Gasteiger partial charge in [0.1, 0.15) is 0 Å².